The van der Waals surface area contributed by atoms with Gasteiger partial charge in [-0.2, -0.15) is 0 Å². The lowest BCUT2D eigenvalue weighted by molar-refractivity contribution is -0.305. The molecule has 1 rings (SSSR count). The highest BCUT2D eigenvalue weighted by molar-refractivity contribution is 5.69. The molecule has 66 heavy (non-hydrogen) atoms. The fourth-order valence-electron chi connectivity index (χ4n) is 8.94. The fourth-order valence-corrected chi connectivity index (χ4v) is 8.94. The van der Waals surface area contributed by atoms with Crippen molar-refractivity contribution in [2.75, 3.05) is 26.4 Å². The summed E-state index contributed by atoms with van der Waals surface area (Å²) in [6.45, 7) is 4.60. The van der Waals surface area contributed by atoms with Crippen LogP contribution in [0.2, 0.25) is 0 Å². The van der Waals surface area contributed by atoms with E-state index >= 15 is 0 Å². The zero-order valence-electron chi connectivity index (χ0n) is 43.2. The van der Waals surface area contributed by atoms with Gasteiger partial charge in [0.15, 0.2) is 6.29 Å². The molecule has 1 aliphatic heterocycles. The predicted molar refractivity (Wildman–Crippen MR) is 275 cm³/mol. The molecule has 1 aliphatic rings. The summed E-state index contributed by atoms with van der Waals surface area (Å²) in [5.74, 6) is -0.312. The number of rotatable bonds is 50. The predicted octanol–water partition coefficient (Wildman–Crippen LogP) is 14.5. The summed E-state index contributed by atoms with van der Waals surface area (Å²) >= 11 is 0. The van der Waals surface area contributed by atoms with E-state index in [2.05, 4.69) is 38.2 Å². The van der Waals surface area contributed by atoms with Gasteiger partial charge >= 0.3 is 5.97 Å². The van der Waals surface area contributed by atoms with E-state index in [1.165, 1.54) is 212 Å². The number of carbonyl (C=O) groups excluding carboxylic acids is 1. The van der Waals surface area contributed by atoms with Gasteiger partial charge in [-0.1, -0.05) is 244 Å². The third-order valence-electron chi connectivity index (χ3n) is 13.4. The van der Waals surface area contributed by atoms with Crippen molar-refractivity contribution in [3.63, 3.8) is 0 Å². The number of unbranched alkanes of at least 4 members (excludes halogenated alkanes) is 35. The average molecular weight is 937 g/mol. The molecule has 0 aromatic carbocycles. The summed E-state index contributed by atoms with van der Waals surface area (Å²) < 4.78 is 23.0. The molecule has 390 valence electrons. The molecule has 0 aromatic heterocycles. The van der Waals surface area contributed by atoms with Gasteiger partial charge in [0.05, 0.1) is 19.8 Å². The van der Waals surface area contributed by atoms with Crippen LogP contribution in [0.25, 0.3) is 0 Å². The molecule has 6 atom stereocenters. The van der Waals surface area contributed by atoms with E-state index in [4.69, 9.17) is 18.9 Å². The van der Waals surface area contributed by atoms with E-state index in [0.29, 0.717) is 13.0 Å². The van der Waals surface area contributed by atoms with E-state index in [0.717, 1.165) is 38.5 Å². The van der Waals surface area contributed by atoms with Crippen LogP contribution in [0.1, 0.15) is 271 Å². The zero-order chi connectivity index (χ0) is 47.8. The first kappa shape index (κ1) is 62.7. The summed E-state index contributed by atoms with van der Waals surface area (Å²) in [6.07, 6.45) is 52.2. The maximum absolute atomic E-state index is 12.9. The Morgan fingerprint density at radius 3 is 1.30 bits per heavy atom. The van der Waals surface area contributed by atoms with E-state index in [-0.39, 0.29) is 19.2 Å². The molecule has 1 saturated heterocycles. The van der Waals surface area contributed by atoms with Crippen molar-refractivity contribution in [2.24, 2.45) is 0 Å². The monoisotopic (exact) mass is 937 g/mol. The van der Waals surface area contributed by atoms with Crippen molar-refractivity contribution in [3.8, 4) is 0 Å². The van der Waals surface area contributed by atoms with Gasteiger partial charge in [-0.05, 0) is 44.9 Å². The quantitative estimate of drug-likeness (QED) is 0.0267. The summed E-state index contributed by atoms with van der Waals surface area (Å²) in [7, 11) is 0. The van der Waals surface area contributed by atoms with Gasteiger partial charge in [-0.3, -0.25) is 4.79 Å². The van der Waals surface area contributed by atoms with Crippen LogP contribution in [0, 0.1) is 0 Å². The minimum Gasteiger partial charge on any atom is -0.457 e. The molecular weight excluding hydrogens is 829 g/mol. The lowest BCUT2D eigenvalue weighted by atomic mass is 9.99. The molecule has 9 heteroatoms. The van der Waals surface area contributed by atoms with Gasteiger partial charge in [0.2, 0.25) is 0 Å². The highest BCUT2D eigenvalue weighted by Gasteiger charge is 2.44. The molecule has 1 fully saturated rings. The van der Waals surface area contributed by atoms with Crippen molar-refractivity contribution in [1.82, 2.24) is 0 Å². The Balaban J connectivity index is 2.15. The second kappa shape index (κ2) is 48.7. The Labute approximate surface area is 407 Å². The van der Waals surface area contributed by atoms with Crippen LogP contribution < -0.4 is 0 Å². The van der Waals surface area contributed by atoms with Crippen LogP contribution in [0.3, 0.4) is 0 Å². The van der Waals surface area contributed by atoms with Crippen molar-refractivity contribution in [2.45, 2.75) is 307 Å². The maximum atomic E-state index is 12.9. The van der Waals surface area contributed by atoms with E-state index in [1.807, 2.05) is 0 Å². The Kier molecular flexibility index (Phi) is 46.2. The number of aliphatic hydroxyl groups is 4. The second-order valence-corrected chi connectivity index (χ2v) is 19.7. The Bertz CT molecular complexity index is 1070. The number of ether oxygens (including phenoxy) is 4. The molecule has 1 heterocycles. The second-order valence-electron chi connectivity index (χ2n) is 19.7. The summed E-state index contributed by atoms with van der Waals surface area (Å²) in [4.78, 5) is 12.9. The standard InChI is InChI=1S/C57H108O9/c1-3-5-7-9-11-13-15-17-19-21-23-25-27-29-31-33-35-37-39-41-43-45-47-63-49-51(50-64-57-56(62)55(61)54(60)52(48-58)66-57)65-53(59)46-44-42-40-38-36-34-32-30-28-26-24-22-20-18-16-14-12-10-8-6-4-2/h16,18,22,24,51-52,54-58,60-62H,3-15,17,19-21,23,25-50H2,1-2H3/b18-16-,24-22-. The molecule has 0 aromatic rings. The number of aliphatic hydroxyl groups excluding tert-OH is 4. The molecule has 6 unspecified atom stereocenters. The number of esters is 1. The minimum atomic E-state index is -1.54. The van der Waals surface area contributed by atoms with Gasteiger partial charge in [-0.15, -0.1) is 0 Å². The highest BCUT2D eigenvalue weighted by Crippen LogP contribution is 2.23. The van der Waals surface area contributed by atoms with Crippen molar-refractivity contribution in [1.29, 1.82) is 0 Å². The summed E-state index contributed by atoms with van der Waals surface area (Å²) in [5, 5.41) is 40.3. The van der Waals surface area contributed by atoms with Crippen molar-refractivity contribution < 1.29 is 44.2 Å². The summed E-state index contributed by atoms with van der Waals surface area (Å²) in [6, 6.07) is 0. The molecule has 0 bridgehead atoms. The van der Waals surface area contributed by atoms with Gasteiger partial charge in [-0.25, -0.2) is 0 Å². The third-order valence-corrected chi connectivity index (χ3v) is 13.4. The normalized spacial score (nSPS) is 19.4. The summed E-state index contributed by atoms with van der Waals surface area (Å²) in [5.41, 5.74) is 0. The minimum absolute atomic E-state index is 0.110. The van der Waals surface area contributed by atoms with Crippen molar-refractivity contribution >= 4 is 5.97 Å². The molecule has 4 N–H and O–H groups in total. The van der Waals surface area contributed by atoms with Gasteiger partial charge in [0.25, 0.3) is 0 Å². The Hall–Kier alpha value is -1.33. The first-order valence-electron chi connectivity index (χ1n) is 28.4. The van der Waals surface area contributed by atoms with E-state index in [1.54, 1.807) is 0 Å². The maximum Gasteiger partial charge on any atom is 0.306 e. The lowest BCUT2D eigenvalue weighted by Crippen LogP contribution is -2.59. The highest BCUT2D eigenvalue weighted by atomic mass is 16.7. The van der Waals surface area contributed by atoms with Crippen molar-refractivity contribution in [3.05, 3.63) is 24.3 Å². The fraction of sp³-hybridized carbons (Fsp3) is 0.912. The third kappa shape index (κ3) is 38.5. The van der Waals surface area contributed by atoms with Gasteiger partial charge in [0.1, 0.15) is 30.5 Å². The molecule has 9 nitrogen and oxygen atoms in total. The molecule has 0 amide bonds. The smallest absolute Gasteiger partial charge is 0.306 e. The molecule has 0 saturated carbocycles. The number of carbonyl (C=O) groups is 1. The Morgan fingerprint density at radius 2 is 0.879 bits per heavy atom. The van der Waals surface area contributed by atoms with Crippen LogP contribution in [0.15, 0.2) is 24.3 Å². The lowest BCUT2D eigenvalue weighted by Gasteiger charge is -2.39. The van der Waals surface area contributed by atoms with Crippen LogP contribution in [-0.4, -0.2) is 89.6 Å². The van der Waals surface area contributed by atoms with Crippen LogP contribution in [-0.2, 0) is 23.7 Å². The van der Waals surface area contributed by atoms with Crippen LogP contribution in [0.5, 0.6) is 0 Å². The Morgan fingerprint density at radius 1 is 0.485 bits per heavy atom. The van der Waals surface area contributed by atoms with Gasteiger partial charge < -0.3 is 39.4 Å². The average Bonchev–Trinajstić information content (AvgIpc) is 3.32. The van der Waals surface area contributed by atoms with Crippen LogP contribution in [0.4, 0.5) is 0 Å². The van der Waals surface area contributed by atoms with Crippen LogP contribution >= 0.6 is 0 Å². The molecule has 0 aliphatic carbocycles. The number of allylic oxidation sites excluding steroid dienone is 4. The number of hydrogen-bond acceptors (Lipinski definition) is 9. The molecule has 0 radical (unpaired) electrons. The molecule has 0 spiro atoms. The molecular formula is C57H108O9. The van der Waals surface area contributed by atoms with Gasteiger partial charge in [0, 0.05) is 13.0 Å². The largest absolute Gasteiger partial charge is 0.457 e. The first-order valence-corrected chi connectivity index (χ1v) is 28.4. The van der Waals surface area contributed by atoms with E-state index < -0.39 is 43.4 Å². The van der Waals surface area contributed by atoms with E-state index in [9.17, 15) is 25.2 Å². The first-order chi connectivity index (χ1) is 32.4. The topological polar surface area (TPSA) is 135 Å². The zero-order valence-corrected chi connectivity index (χ0v) is 43.2. The number of hydrogen-bond donors (Lipinski definition) is 4. The SMILES string of the molecule is CCCCCCC/C=C\C/C=C\CCCCCCCCCCCC(=O)OC(COCCCCCCCCCCCCCCCCCCCCCCCC)COC1OC(CO)C(O)C(O)C1O.